The van der Waals surface area contributed by atoms with Gasteiger partial charge in [-0.3, -0.25) is 14.4 Å². The second kappa shape index (κ2) is 10.3. The van der Waals surface area contributed by atoms with Crippen LogP contribution < -0.4 is 10.1 Å². The zero-order valence-electron chi connectivity index (χ0n) is 18.6. The molecule has 1 saturated heterocycles. The van der Waals surface area contributed by atoms with Gasteiger partial charge >= 0.3 is 0 Å². The summed E-state index contributed by atoms with van der Waals surface area (Å²) in [7, 11) is 1.61. The van der Waals surface area contributed by atoms with Crippen LogP contribution >= 0.6 is 0 Å². The van der Waals surface area contributed by atoms with Crippen LogP contribution in [0.3, 0.4) is 0 Å². The molecule has 8 heteroatoms. The van der Waals surface area contributed by atoms with Crippen LogP contribution in [0, 0.1) is 0 Å². The van der Waals surface area contributed by atoms with E-state index in [9.17, 15) is 14.4 Å². The van der Waals surface area contributed by atoms with Crippen molar-refractivity contribution in [3.05, 3.63) is 65.9 Å². The molecule has 172 valence electrons. The minimum Gasteiger partial charge on any atom is -0.497 e. The van der Waals surface area contributed by atoms with E-state index in [1.165, 1.54) is 0 Å². The molecule has 2 amide bonds. The van der Waals surface area contributed by atoms with Crippen LogP contribution in [-0.4, -0.2) is 67.0 Å². The Morgan fingerprint density at radius 3 is 2.48 bits per heavy atom. The Bertz CT molecular complexity index is 1150. The first-order valence-electron chi connectivity index (χ1n) is 11.0. The van der Waals surface area contributed by atoms with Gasteiger partial charge in [-0.15, -0.1) is 0 Å². The lowest BCUT2D eigenvalue weighted by atomic mass is 10.1. The first-order valence-corrected chi connectivity index (χ1v) is 11.0. The van der Waals surface area contributed by atoms with Crippen molar-refractivity contribution in [2.75, 3.05) is 40.0 Å². The fourth-order valence-electron chi connectivity index (χ4n) is 3.93. The van der Waals surface area contributed by atoms with E-state index >= 15 is 0 Å². The normalized spacial score (nSPS) is 13.7. The third-order valence-corrected chi connectivity index (χ3v) is 5.77. The lowest BCUT2D eigenvalue weighted by Crippen LogP contribution is -2.42. The van der Waals surface area contributed by atoms with Gasteiger partial charge < -0.3 is 24.3 Å². The van der Waals surface area contributed by atoms with Crippen LogP contribution in [0.15, 0.2) is 54.7 Å². The molecule has 0 aliphatic carbocycles. The van der Waals surface area contributed by atoms with Gasteiger partial charge in [-0.05, 0) is 30.2 Å². The lowest BCUT2D eigenvalue weighted by molar-refractivity contribution is -0.135. The minimum absolute atomic E-state index is 0.0398. The summed E-state index contributed by atoms with van der Waals surface area (Å²) in [5.41, 5.74) is 2.07. The number of ether oxygens (including phenoxy) is 2. The fourth-order valence-corrected chi connectivity index (χ4v) is 3.93. The average molecular weight is 450 g/mol. The van der Waals surface area contributed by atoms with E-state index in [4.69, 9.17) is 9.47 Å². The molecule has 0 bridgehead atoms. The highest BCUT2D eigenvalue weighted by Gasteiger charge is 2.23. The average Bonchev–Trinajstić information content (AvgIpc) is 3.22. The second-order valence-electron chi connectivity index (χ2n) is 7.86. The standard InChI is InChI=1S/C25H27N3O5/c1-32-19-8-6-18(7-9-19)10-11-26-25(31)24(30)21-16-28(22-5-3-2-4-20(21)22)17-23(29)27-12-14-33-15-13-27/h2-9,16H,10-15,17H2,1H3,(H,26,31). The van der Waals surface area contributed by atoms with Crippen LogP contribution in [0.4, 0.5) is 0 Å². The molecule has 1 N–H and O–H groups in total. The topological polar surface area (TPSA) is 89.9 Å². The number of nitrogens with one attached hydrogen (secondary N) is 1. The monoisotopic (exact) mass is 449 g/mol. The number of amides is 2. The Kier molecular flexibility index (Phi) is 7.04. The summed E-state index contributed by atoms with van der Waals surface area (Å²) in [6, 6.07) is 14.9. The number of para-hydroxylation sites is 1. The molecule has 1 aliphatic heterocycles. The minimum atomic E-state index is -0.661. The highest BCUT2D eigenvalue weighted by Crippen LogP contribution is 2.22. The van der Waals surface area contributed by atoms with Crippen molar-refractivity contribution < 1.29 is 23.9 Å². The molecule has 0 radical (unpaired) electrons. The Labute approximate surface area is 192 Å². The third kappa shape index (κ3) is 5.23. The summed E-state index contributed by atoms with van der Waals surface area (Å²) in [4.78, 5) is 40.0. The SMILES string of the molecule is COc1ccc(CCNC(=O)C(=O)c2cn(CC(=O)N3CCOCC3)c3ccccc23)cc1. The first-order chi connectivity index (χ1) is 16.1. The number of aromatic nitrogens is 1. The third-order valence-electron chi connectivity index (χ3n) is 5.77. The molecule has 3 aromatic rings. The maximum atomic E-state index is 12.9. The predicted octanol–water partition coefficient (Wildman–Crippen LogP) is 2.05. The molecule has 8 nitrogen and oxygen atoms in total. The number of hydrogen-bond donors (Lipinski definition) is 1. The summed E-state index contributed by atoms with van der Waals surface area (Å²) in [5.74, 6) is -0.548. The van der Waals surface area contributed by atoms with Crippen molar-refractivity contribution in [1.82, 2.24) is 14.8 Å². The summed E-state index contributed by atoms with van der Waals surface area (Å²) in [6.45, 7) is 2.61. The van der Waals surface area contributed by atoms with E-state index < -0.39 is 11.7 Å². The van der Waals surface area contributed by atoms with Gasteiger partial charge in [0.05, 0.1) is 25.9 Å². The van der Waals surface area contributed by atoms with Crippen molar-refractivity contribution >= 4 is 28.5 Å². The number of methoxy groups -OCH3 is 1. The van der Waals surface area contributed by atoms with Crippen LogP contribution in [0.2, 0.25) is 0 Å². The van der Waals surface area contributed by atoms with Crippen molar-refractivity contribution in [2.45, 2.75) is 13.0 Å². The highest BCUT2D eigenvalue weighted by molar-refractivity contribution is 6.45. The van der Waals surface area contributed by atoms with Crippen molar-refractivity contribution in [2.24, 2.45) is 0 Å². The number of ketones is 1. The summed E-state index contributed by atoms with van der Waals surface area (Å²) in [5, 5.41) is 3.36. The Hall–Kier alpha value is -3.65. The number of benzene rings is 2. The number of carbonyl (C=O) groups is 3. The van der Waals surface area contributed by atoms with Crippen LogP contribution in [-0.2, 0) is 27.3 Å². The number of nitrogens with zero attached hydrogens (tertiary/aromatic N) is 2. The molecule has 0 unspecified atom stereocenters. The van der Waals surface area contributed by atoms with Gasteiger partial charge in [0.2, 0.25) is 5.91 Å². The number of carbonyl (C=O) groups excluding carboxylic acids is 3. The van der Waals surface area contributed by atoms with Gasteiger partial charge in [0.15, 0.2) is 0 Å². The van der Waals surface area contributed by atoms with Crippen molar-refractivity contribution in [3.63, 3.8) is 0 Å². The molecule has 2 aromatic carbocycles. The van der Waals surface area contributed by atoms with Crippen LogP contribution in [0.1, 0.15) is 15.9 Å². The maximum absolute atomic E-state index is 12.9. The summed E-state index contributed by atoms with van der Waals surface area (Å²) in [6.07, 6.45) is 2.20. The van der Waals surface area contributed by atoms with Crippen LogP contribution in [0.25, 0.3) is 10.9 Å². The number of rotatable bonds is 8. The van der Waals surface area contributed by atoms with E-state index in [1.807, 2.05) is 42.5 Å². The molecule has 4 rings (SSSR count). The second-order valence-corrected chi connectivity index (χ2v) is 7.86. The van der Waals surface area contributed by atoms with E-state index in [0.717, 1.165) is 16.8 Å². The summed E-state index contributed by atoms with van der Waals surface area (Å²) < 4.78 is 12.2. The number of morpholine rings is 1. The number of Topliss-reactive ketones (excluding diaryl/α,β-unsaturated/α-hetero) is 1. The molecule has 0 spiro atoms. The molecule has 0 atom stereocenters. The highest BCUT2D eigenvalue weighted by atomic mass is 16.5. The maximum Gasteiger partial charge on any atom is 0.292 e. The van der Waals surface area contributed by atoms with Gasteiger partial charge in [0.1, 0.15) is 12.3 Å². The zero-order valence-corrected chi connectivity index (χ0v) is 18.6. The number of fused-ring (bicyclic) bond motifs is 1. The largest absolute Gasteiger partial charge is 0.497 e. The Morgan fingerprint density at radius 1 is 1.03 bits per heavy atom. The fraction of sp³-hybridized carbons (Fsp3) is 0.320. The van der Waals surface area contributed by atoms with Gasteiger partial charge in [-0.25, -0.2) is 0 Å². The van der Waals surface area contributed by atoms with E-state index in [0.29, 0.717) is 50.2 Å². The van der Waals surface area contributed by atoms with Crippen LogP contribution in [0.5, 0.6) is 5.75 Å². The Balaban J connectivity index is 1.43. The molecule has 1 aliphatic rings. The smallest absolute Gasteiger partial charge is 0.292 e. The summed E-state index contributed by atoms with van der Waals surface area (Å²) >= 11 is 0. The molecule has 1 aromatic heterocycles. The van der Waals surface area contributed by atoms with Gasteiger partial charge in [-0.1, -0.05) is 30.3 Å². The molecule has 1 fully saturated rings. The number of hydrogen-bond acceptors (Lipinski definition) is 5. The van der Waals surface area contributed by atoms with E-state index in [-0.39, 0.29) is 12.5 Å². The van der Waals surface area contributed by atoms with Gasteiger partial charge in [-0.2, -0.15) is 0 Å². The van der Waals surface area contributed by atoms with Crippen molar-refractivity contribution in [3.8, 4) is 5.75 Å². The first kappa shape index (κ1) is 22.5. The zero-order chi connectivity index (χ0) is 23.2. The molecule has 0 saturated carbocycles. The molecular formula is C25H27N3O5. The molecule has 33 heavy (non-hydrogen) atoms. The quantitative estimate of drug-likeness (QED) is 0.420. The van der Waals surface area contributed by atoms with E-state index in [1.54, 1.807) is 28.8 Å². The lowest BCUT2D eigenvalue weighted by Gasteiger charge is -2.27. The predicted molar refractivity (Wildman–Crippen MR) is 123 cm³/mol. The Morgan fingerprint density at radius 2 is 1.76 bits per heavy atom. The van der Waals surface area contributed by atoms with Crippen molar-refractivity contribution in [1.29, 1.82) is 0 Å². The van der Waals surface area contributed by atoms with Gasteiger partial charge in [0, 0.05) is 36.7 Å². The van der Waals surface area contributed by atoms with Gasteiger partial charge in [0.25, 0.3) is 11.7 Å². The van der Waals surface area contributed by atoms with E-state index in [2.05, 4.69) is 5.32 Å². The molecule has 2 heterocycles. The molecular weight excluding hydrogens is 422 g/mol.